The summed E-state index contributed by atoms with van der Waals surface area (Å²) >= 11 is 6.40. The van der Waals surface area contributed by atoms with Crippen molar-refractivity contribution >= 4 is 37.8 Å². The minimum Gasteiger partial charge on any atom is -0.480 e. The van der Waals surface area contributed by atoms with Crippen LogP contribution in [0.15, 0.2) is 28.7 Å². The summed E-state index contributed by atoms with van der Waals surface area (Å²) < 4.78 is 0.998. The number of carboxylic acids is 1. The first-order valence-electron chi connectivity index (χ1n) is 3.71. The molecular weight excluding hydrogens is 300 g/mol. The van der Waals surface area contributed by atoms with E-state index in [0.29, 0.717) is 6.42 Å². The first kappa shape index (κ1) is 10.7. The Balaban J connectivity index is 2.64. The monoisotopic (exact) mass is 306 g/mol. The number of benzene rings is 1. The van der Waals surface area contributed by atoms with E-state index in [1.807, 2.05) is 24.3 Å². The van der Waals surface area contributed by atoms with Crippen LogP contribution in [-0.4, -0.2) is 15.9 Å². The van der Waals surface area contributed by atoms with Gasteiger partial charge in [0.1, 0.15) is 4.83 Å². The minimum atomic E-state index is -0.831. The van der Waals surface area contributed by atoms with E-state index in [1.165, 1.54) is 0 Å². The lowest BCUT2D eigenvalue weighted by molar-refractivity contribution is -0.136. The van der Waals surface area contributed by atoms with Gasteiger partial charge in [-0.1, -0.05) is 44.0 Å². The Morgan fingerprint density at radius 3 is 2.38 bits per heavy atom. The zero-order chi connectivity index (χ0) is 9.84. The highest BCUT2D eigenvalue weighted by atomic mass is 79.9. The molecule has 0 heterocycles. The van der Waals surface area contributed by atoms with Crippen LogP contribution in [0.2, 0.25) is 0 Å². The Morgan fingerprint density at radius 2 is 1.92 bits per heavy atom. The molecule has 0 aromatic heterocycles. The van der Waals surface area contributed by atoms with Crippen LogP contribution in [0.4, 0.5) is 0 Å². The smallest absolute Gasteiger partial charge is 0.317 e. The Bertz CT molecular complexity index is 295. The van der Waals surface area contributed by atoms with Crippen LogP contribution in [0.5, 0.6) is 0 Å². The molecule has 0 aliphatic rings. The van der Waals surface area contributed by atoms with Crippen LogP contribution in [0.3, 0.4) is 0 Å². The Kier molecular flexibility index (Phi) is 3.93. The van der Waals surface area contributed by atoms with Gasteiger partial charge in [0, 0.05) is 4.47 Å². The van der Waals surface area contributed by atoms with Gasteiger partial charge < -0.3 is 5.11 Å². The molecule has 0 saturated heterocycles. The van der Waals surface area contributed by atoms with E-state index in [1.54, 1.807) is 0 Å². The van der Waals surface area contributed by atoms with Gasteiger partial charge in [0.2, 0.25) is 0 Å². The highest BCUT2D eigenvalue weighted by Crippen LogP contribution is 2.14. The van der Waals surface area contributed by atoms with Crippen LogP contribution in [0.25, 0.3) is 0 Å². The molecule has 1 aromatic carbocycles. The summed E-state index contributed by atoms with van der Waals surface area (Å²) in [6.45, 7) is 0. The van der Waals surface area contributed by atoms with Crippen LogP contribution < -0.4 is 0 Å². The van der Waals surface area contributed by atoms with E-state index in [9.17, 15) is 4.79 Å². The number of halogens is 2. The van der Waals surface area contributed by atoms with E-state index in [2.05, 4.69) is 31.9 Å². The molecule has 2 nitrogen and oxygen atoms in total. The van der Waals surface area contributed by atoms with Gasteiger partial charge in [0.05, 0.1) is 0 Å². The fourth-order valence-corrected chi connectivity index (χ4v) is 1.55. The summed E-state index contributed by atoms with van der Waals surface area (Å²) in [4.78, 5) is 10.0. The number of aliphatic carboxylic acids is 1. The topological polar surface area (TPSA) is 37.3 Å². The lowest BCUT2D eigenvalue weighted by atomic mass is 10.1. The second kappa shape index (κ2) is 4.77. The van der Waals surface area contributed by atoms with E-state index >= 15 is 0 Å². The molecule has 0 bridgehead atoms. The lowest BCUT2D eigenvalue weighted by Crippen LogP contribution is -2.15. The van der Waals surface area contributed by atoms with Gasteiger partial charge in [-0.3, -0.25) is 4.79 Å². The molecule has 0 spiro atoms. The zero-order valence-electron chi connectivity index (χ0n) is 6.71. The maximum absolute atomic E-state index is 10.5. The Labute approximate surface area is 93.2 Å². The number of carbonyl (C=O) groups is 1. The average molecular weight is 308 g/mol. The molecule has 0 fully saturated rings. The van der Waals surface area contributed by atoms with Crippen molar-refractivity contribution in [3.63, 3.8) is 0 Å². The summed E-state index contributed by atoms with van der Waals surface area (Å²) in [6, 6.07) is 7.61. The number of alkyl halides is 1. The third-order valence-electron chi connectivity index (χ3n) is 1.60. The number of hydrogen-bond acceptors (Lipinski definition) is 1. The largest absolute Gasteiger partial charge is 0.480 e. The third-order valence-corrected chi connectivity index (χ3v) is 2.84. The maximum Gasteiger partial charge on any atom is 0.317 e. The summed E-state index contributed by atoms with van der Waals surface area (Å²) in [5, 5.41) is 8.64. The molecule has 0 radical (unpaired) electrons. The summed E-state index contributed by atoms with van der Waals surface area (Å²) in [5.74, 6) is -0.831. The molecule has 0 saturated carbocycles. The highest BCUT2D eigenvalue weighted by Gasteiger charge is 2.12. The first-order chi connectivity index (χ1) is 6.09. The minimum absolute atomic E-state index is 0.503. The SMILES string of the molecule is O=C(O)C(Br)Cc1ccc(Br)cc1. The standard InChI is InChI=1S/C9H8Br2O2/c10-7-3-1-6(2-4-7)5-8(11)9(12)13/h1-4,8H,5H2,(H,12,13). The Morgan fingerprint density at radius 1 is 1.38 bits per heavy atom. The molecule has 0 amide bonds. The fraction of sp³-hybridized carbons (Fsp3) is 0.222. The molecular formula is C9H8Br2O2. The highest BCUT2D eigenvalue weighted by molar-refractivity contribution is 9.10. The second-order valence-corrected chi connectivity index (χ2v) is 4.66. The molecule has 13 heavy (non-hydrogen) atoms. The van der Waals surface area contributed by atoms with Crippen LogP contribution in [0, 0.1) is 0 Å². The zero-order valence-corrected chi connectivity index (χ0v) is 9.88. The van der Waals surface area contributed by atoms with Crippen LogP contribution in [0.1, 0.15) is 5.56 Å². The Hall–Kier alpha value is -0.350. The predicted octanol–water partition coefficient (Wildman–Crippen LogP) is 2.84. The van der Waals surface area contributed by atoms with Gasteiger partial charge in [0.15, 0.2) is 0 Å². The van der Waals surface area contributed by atoms with E-state index < -0.39 is 10.8 Å². The predicted molar refractivity (Wildman–Crippen MR) is 58.2 cm³/mol. The van der Waals surface area contributed by atoms with Gasteiger partial charge in [0.25, 0.3) is 0 Å². The lowest BCUT2D eigenvalue weighted by Gasteiger charge is -2.04. The summed E-state index contributed by atoms with van der Waals surface area (Å²) in [6.07, 6.45) is 0.503. The van der Waals surface area contributed by atoms with Crippen molar-refractivity contribution in [1.29, 1.82) is 0 Å². The average Bonchev–Trinajstić information content (AvgIpc) is 2.08. The molecule has 1 rings (SSSR count). The van der Waals surface area contributed by atoms with Crippen molar-refractivity contribution in [3.8, 4) is 0 Å². The molecule has 4 heteroatoms. The van der Waals surface area contributed by atoms with Gasteiger partial charge in [-0.2, -0.15) is 0 Å². The molecule has 1 atom stereocenters. The van der Waals surface area contributed by atoms with Crippen molar-refractivity contribution in [2.24, 2.45) is 0 Å². The molecule has 0 aliphatic heterocycles. The third kappa shape index (κ3) is 3.48. The summed E-state index contributed by atoms with van der Waals surface area (Å²) in [7, 11) is 0. The number of rotatable bonds is 3. The van der Waals surface area contributed by atoms with Crippen LogP contribution in [-0.2, 0) is 11.2 Å². The molecule has 1 unspecified atom stereocenters. The molecule has 0 aliphatic carbocycles. The van der Waals surface area contributed by atoms with Crippen molar-refractivity contribution < 1.29 is 9.90 Å². The van der Waals surface area contributed by atoms with Gasteiger partial charge in [-0.05, 0) is 24.1 Å². The number of carboxylic acid groups (broad SMARTS) is 1. The fourth-order valence-electron chi connectivity index (χ4n) is 0.915. The van der Waals surface area contributed by atoms with Gasteiger partial charge in [-0.25, -0.2) is 0 Å². The molecule has 1 aromatic rings. The maximum atomic E-state index is 10.5. The van der Waals surface area contributed by atoms with Gasteiger partial charge in [-0.15, -0.1) is 0 Å². The molecule has 70 valence electrons. The van der Waals surface area contributed by atoms with E-state index in [4.69, 9.17) is 5.11 Å². The van der Waals surface area contributed by atoms with Crippen molar-refractivity contribution in [1.82, 2.24) is 0 Å². The second-order valence-electron chi connectivity index (χ2n) is 2.64. The van der Waals surface area contributed by atoms with Gasteiger partial charge >= 0.3 is 5.97 Å². The van der Waals surface area contributed by atoms with Crippen molar-refractivity contribution in [2.75, 3.05) is 0 Å². The quantitative estimate of drug-likeness (QED) is 0.872. The van der Waals surface area contributed by atoms with Crippen LogP contribution >= 0.6 is 31.9 Å². The van der Waals surface area contributed by atoms with Crippen molar-refractivity contribution in [3.05, 3.63) is 34.3 Å². The summed E-state index contributed by atoms with van der Waals surface area (Å²) in [5.41, 5.74) is 1.01. The number of hydrogen-bond donors (Lipinski definition) is 1. The van der Waals surface area contributed by atoms with E-state index in [-0.39, 0.29) is 0 Å². The normalized spacial score (nSPS) is 12.5. The first-order valence-corrected chi connectivity index (χ1v) is 5.42. The van der Waals surface area contributed by atoms with Crippen molar-refractivity contribution in [2.45, 2.75) is 11.2 Å². The van der Waals surface area contributed by atoms with E-state index in [0.717, 1.165) is 10.0 Å². The molecule has 1 N–H and O–H groups in total.